The largest absolute Gasteiger partial charge is 0.497 e. The highest BCUT2D eigenvalue weighted by molar-refractivity contribution is 6.04. The van der Waals surface area contributed by atoms with Gasteiger partial charge in [0.1, 0.15) is 11.6 Å². The summed E-state index contributed by atoms with van der Waals surface area (Å²) in [6, 6.07) is 10.7. The zero-order chi connectivity index (χ0) is 14.1. The molecule has 0 aliphatic heterocycles. The van der Waals surface area contributed by atoms with Crippen LogP contribution in [0.5, 0.6) is 5.75 Å². The third-order valence-electron chi connectivity index (χ3n) is 3.44. The second kappa shape index (κ2) is 4.93. The third-order valence-corrected chi connectivity index (χ3v) is 3.44. The topological polar surface area (TPSA) is 13.1 Å². The molecule has 0 bridgehead atoms. The zero-order valence-corrected chi connectivity index (χ0v) is 11.3. The van der Waals surface area contributed by atoms with Crippen LogP contribution in [0.2, 0.25) is 0 Å². The predicted molar refractivity (Wildman–Crippen MR) is 78.4 cm³/mol. The van der Waals surface area contributed by atoms with Crippen LogP contribution in [0.15, 0.2) is 55.3 Å². The number of rotatable bonds is 3. The van der Waals surface area contributed by atoms with Crippen LogP contribution in [-0.2, 0) is 6.54 Å². The first-order valence-corrected chi connectivity index (χ1v) is 6.43. The average Bonchev–Trinajstić information content (AvgIpc) is 2.46. The molecule has 0 atom stereocenters. The lowest BCUT2D eigenvalue weighted by molar-refractivity contribution is -0.659. The van der Waals surface area contributed by atoms with Crippen molar-refractivity contribution in [1.82, 2.24) is 0 Å². The second-order valence-corrected chi connectivity index (χ2v) is 4.68. The molecule has 100 valence electrons. The van der Waals surface area contributed by atoms with E-state index in [0.29, 0.717) is 6.54 Å². The number of hydrogen-bond acceptors (Lipinski definition) is 1. The predicted octanol–water partition coefficient (Wildman–Crippen LogP) is 3.61. The zero-order valence-electron chi connectivity index (χ0n) is 11.3. The van der Waals surface area contributed by atoms with Crippen LogP contribution < -0.4 is 9.30 Å². The van der Waals surface area contributed by atoms with Gasteiger partial charge in [-0.3, -0.25) is 0 Å². The molecule has 0 aliphatic rings. The number of hydrogen-bond donors (Lipinski definition) is 0. The molecule has 20 heavy (non-hydrogen) atoms. The van der Waals surface area contributed by atoms with Crippen LogP contribution in [0.1, 0.15) is 0 Å². The molecule has 3 rings (SSSR count). The van der Waals surface area contributed by atoms with Crippen LogP contribution in [-0.4, -0.2) is 7.11 Å². The van der Waals surface area contributed by atoms with Gasteiger partial charge in [0.2, 0.25) is 5.52 Å². The minimum Gasteiger partial charge on any atom is -0.497 e. The normalized spacial score (nSPS) is 10.9. The van der Waals surface area contributed by atoms with Gasteiger partial charge in [0.05, 0.1) is 17.9 Å². The summed E-state index contributed by atoms with van der Waals surface area (Å²) in [5.74, 6) is 0.560. The molecular weight excluding hydrogens is 253 g/mol. The van der Waals surface area contributed by atoms with Gasteiger partial charge in [-0.25, -0.2) is 4.39 Å². The van der Waals surface area contributed by atoms with E-state index in [0.717, 1.165) is 27.4 Å². The Bertz CT molecular complexity index is 811. The van der Waals surface area contributed by atoms with Crippen molar-refractivity contribution >= 4 is 21.7 Å². The van der Waals surface area contributed by atoms with Gasteiger partial charge in [-0.15, -0.1) is 0 Å². The van der Waals surface area contributed by atoms with Gasteiger partial charge < -0.3 is 4.74 Å². The van der Waals surface area contributed by atoms with Crippen LogP contribution in [0, 0.1) is 5.82 Å². The molecule has 1 heterocycles. The quantitative estimate of drug-likeness (QED) is 0.402. The fourth-order valence-corrected chi connectivity index (χ4v) is 2.52. The maximum absolute atomic E-state index is 13.6. The summed E-state index contributed by atoms with van der Waals surface area (Å²) in [4.78, 5) is 0. The van der Waals surface area contributed by atoms with E-state index in [1.807, 2.05) is 30.5 Å². The Morgan fingerprint density at radius 1 is 1.20 bits per heavy atom. The van der Waals surface area contributed by atoms with Gasteiger partial charge in [-0.2, -0.15) is 4.57 Å². The van der Waals surface area contributed by atoms with Crippen molar-refractivity contribution in [1.29, 1.82) is 0 Å². The number of ether oxygens (including phenoxy) is 1. The summed E-state index contributed by atoms with van der Waals surface area (Å²) in [5, 5.41) is 2.93. The van der Waals surface area contributed by atoms with E-state index in [4.69, 9.17) is 4.74 Å². The second-order valence-electron chi connectivity index (χ2n) is 4.68. The van der Waals surface area contributed by atoms with Gasteiger partial charge in [0.15, 0.2) is 12.7 Å². The number of nitrogens with zero attached hydrogens (tertiary/aromatic N) is 1. The van der Waals surface area contributed by atoms with Crippen LogP contribution >= 0.6 is 0 Å². The highest BCUT2D eigenvalue weighted by atomic mass is 19.1. The Balaban J connectivity index is 2.43. The van der Waals surface area contributed by atoms with E-state index in [-0.39, 0.29) is 5.82 Å². The van der Waals surface area contributed by atoms with Crippen molar-refractivity contribution in [2.45, 2.75) is 6.54 Å². The van der Waals surface area contributed by atoms with Crippen molar-refractivity contribution in [3.05, 3.63) is 61.1 Å². The molecule has 2 aromatic carbocycles. The fourth-order valence-electron chi connectivity index (χ4n) is 2.52. The molecule has 0 fully saturated rings. The van der Waals surface area contributed by atoms with E-state index < -0.39 is 0 Å². The Morgan fingerprint density at radius 3 is 2.80 bits per heavy atom. The highest BCUT2D eigenvalue weighted by Crippen LogP contribution is 2.26. The Labute approximate surface area is 116 Å². The van der Waals surface area contributed by atoms with Gasteiger partial charge in [-0.1, -0.05) is 6.58 Å². The standard InChI is InChI=1S/C17H15FNO/c1-3-8-19-11-12-9-14(20-2)5-6-15(12)16-10-13(18)4-7-17(16)19/h3-7,9-11H,1,8H2,2H3/q+1. The first-order valence-electron chi connectivity index (χ1n) is 6.43. The first kappa shape index (κ1) is 12.6. The molecule has 0 spiro atoms. The average molecular weight is 268 g/mol. The fraction of sp³-hybridized carbons (Fsp3) is 0.118. The van der Waals surface area contributed by atoms with Crippen molar-refractivity contribution in [2.75, 3.05) is 7.11 Å². The summed E-state index contributed by atoms with van der Waals surface area (Å²) < 4.78 is 20.9. The number of allylic oxidation sites excluding steroid dienone is 1. The maximum atomic E-state index is 13.6. The minimum atomic E-state index is -0.231. The third kappa shape index (κ3) is 2.01. The van der Waals surface area contributed by atoms with Crippen molar-refractivity contribution < 1.29 is 13.7 Å². The molecule has 0 N–H and O–H groups in total. The van der Waals surface area contributed by atoms with Crippen LogP contribution in [0.4, 0.5) is 4.39 Å². The molecule has 0 saturated heterocycles. The molecule has 3 aromatic rings. The molecule has 1 aromatic heterocycles. The maximum Gasteiger partial charge on any atom is 0.213 e. The van der Waals surface area contributed by atoms with Gasteiger partial charge in [0, 0.05) is 11.5 Å². The Hall–Kier alpha value is -2.42. The summed E-state index contributed by atoms with van der Waals surface area (Å²) in [6.45, 7) is 4.45. The van der Waals surface area contributed by atoms with Crippen LogP contribution in [0.25, 0.3) is 21.7 Å². The summed E-state index contributed by atoms with van der Waals surface area (Å²) >= 11 is 0. The van der Waals surface area contributed by atoms with E-state index in [2.05, 4.69) is 11.1 Å². The van der Waals surface area contributed by atoms with E-state index in [9.17, 15) is 4.39 Å². The Kier molecular flexibility index (Phi) is 3.11. The minimum absolute atomic E-state index is 0.231. The van der Waals surface area contributed by atoms with E-state index in [1.54, 1.807) is 19.2 Å². The number of halogens is 1. The van der Waals surface area contributed by atoms with Crippen LogP contribution in [0.3, 0.4) is 0 Å². The molecule has 2 nitrogen and oxygen atoms in total. The molecule has 0 radical (unpaired) electrons. The lowest BCUT2D eigenvalue weighted by Gasteiger charge is -2.06. The van der Waals surface area contributed by atoms with Crippen molar-refractivity contribution in [2.24, 2.45) is 0 Å². The summed E-state index contributed by atoms with van der Waals surface area (Å²) in [7, 11) is 1.64. The molecule has 0 amide bonds. The molecule has 3 heteroatoms. The van der Waals surface area contributed by atoms with Gasteiger partial charge in [-0.05, 0) is 36.4 Å². The molecule has 0 unspecified atom stereocenters. The number of methoxy groups -OCH3 is 1. The lowest BCUT2D eigenvalue weighted by Crippen LogP contribution is -2.33. The molecule has 0 saturated carbocycles. The van der Waals surface area contributed by atoms with Crippen molar-refractivity contribution in [3.8, 4) is 5.75 Å². The van der Waals surface area contributed by atoms with Gasteiger partial charge in [0.25, 0.3) is 0 Å². The number of aromatic nitrogens is 1. The van der Waals surface area contributed by atoms with Gasteiger partial charge >= 0.3 is 0 Å². The highest BCUT2D eigenvalue weighted by Gasteiger charge is 2.13. The SMILES string of the molecule is C=CC[n+]1cc2cc(OC)ccc2c2cc(F)ccc21. The molecule has 0 aliphatic carbocycles. The van der Waals surface area contributed by atoms with E-state index >= 15 is 0 Å². The summed E-state index contributed by atoms with van der Waals surface area (Å²) in [5.41, 5.74) is 0.990. The Morgan fingerprint density at radius 2 is 2.05 bits per heavy atom. The number of pyridine rings is 1. The smallest absolute Gasteiger partial charge is 0.213 e. The lowest BCUT2D eigenvalue weighted by atomic mass is 10.1. The number of benzene rings is 2. The van der Waals surface area contributed by atoms with Crippen molar-refractivity contribution in [3.63, 3.8) is 0 Å². The first-order chi connectivity index (χ1) is 9.72. The monoisotopic (exact) mass is 268 g/mol. The number of fused-ring (bicyclic) bond motifs is 3. The molecular formula is C17H15FNO+. The van der Waals surface area contributed by atoms with E-state index in [1.165, 1.54) is 6.07 Å². The summed E-state index contributed by atoms with van der Waals surface area (Å²) in [6.07, 6.45) is 3.87.